The van der Waals surface area contributed by atoms with Gasteiger partial charge in [0.15, 0.2) is 0 Å². The van der Waals surface area contributed by atoms with E-state index in [0.717, 1.165) is 15.5 Å². The van der Waals surface area contributed by atoms with Crippen molar-refractivity contribution in [2.24, 2.45) is 0 Å². The highest BCUT2D eigenvalue weighted by Crippen LogP contribution is 2.30. The Morgan fingerprint density at radius 3 is 2.58 bits per heavy atom. The molecule has 0 aliphatic carbocycles. The summed E-state index contributed by atoms with van der Waals surface area (Å²) in [5, 5.41) is 2.97. The minimum Gasteiger partial charge on any atom is -0.495 e. The molecule has 9 heteroatoms. The van der Waals surface area contributed by atoms with Crippen LogP contribution in [-0.4, -0.2) is 40.5 Å². The minimum absolute atomic E-state index is 0.256. The molecule has 140 valence electrons. The molecule has 0 radical (unpaired) electrons. The second-order valence-corrected chi connectivity index (χ2v) is 8.56. The van der Waals surface area contributed by atoms with Gasteiger partial charge in [-0.25, -0.2) is 8.42 Å². The highest BCUT2D eigenvalue weighted by molar-refractivity contribution is 7.98. The molecule has 0 aliphatic rings. The lowest BCUT2D eigenvalue weighted by Crippen LogP contribution is -2.37. The van der Waals surface area contributed by atoms with Crippen LogP contribution in [0.25, 0.3) is 0 Å². The van der Waals surface area contributed by atoms with E-state index in [2.05, 4.69) is 5.32 Å². The number of carbonyl (C=O) groups is 1. The molecule has 0 saturated carbocycles. The molecule has 0 aromatic heterocycles. The first-order valence-electron chi connectivity index (χ1n) is 7.49. The highest BCUT2D eigenvalue weighted by Gasteiger charge is 2.22. The fourth-order valence-corrected chi connectivity index (χ4v) is 3.80. The van der Waals surface area contributed by atoms with Crippen LogP contribution in [0.2, 0.25) is 5.02 Å². The predicted molar refractivity (Wildman–Crippen MR) is 107 cm³/mol. The smallest absolute Gasteiger partial charge is 0.245 e. The Labute approximate surface area is 162 Å². The SMILES string of the molecule is COc1ccc(N(CC(=O)Nc2cccc(SC)c2)S(C)(=O)=O)cc1Cl. The van der Waals surface area contributed by atoms with Crippen molar-refractivity contribution < 1.29 is 17.9 Å². The van der Waals surface area contributed by atoms with Gasteiger partial charge >= 0.3 is 0 Å². The van der Waals surface area contributed by atoms with Crippen molar-refractivity contribution in [2.75, 3.05) is 35.8 Å². The van der Waals surface area contributed by atoms with Crippen LogP contribution in [0.1, 0.15) is 0 Å². The van der Waals surface area contributed by atoms with Crippen LogP contribution < -0.4 is 14.4 Å². The van der Waals surface area contributed by atoms with Crippen LogP contribution in [-0.2, 0) is 14.8 Å². The van der Waals surface area contributed by atoms with Crippen molar-refractivity contribution in [3.8, 4) is 5.75 Å². The van der Waals surface area contributed by atoms with Gasteiger partial charge in [0.25, 0.3) is 0 Å². The molecule has 2 aromatic rings. The molecule has 1 N–H and O–H groups in total. The van der Waals surface area contributed by atoms with Crippen molar-refractivity contribution in [1.82, 2.24) is 0 Å². The van der Waals surface area contributed by atoms with Gasteiger partial charge in [0.1, 0.15) is 12.3 Å². The van der Waals surface area contributed by atoms with E-state index in [9.17, 15) is 13.2 Å². The molecule has 6 nitrogen and oxygen atoms in total. The second-order valence-electron chi connectivity index (χ2n) is 5.37. The Morgan fingerprint density at radius 1 is 1.27 bits per heavy atom. The van der Waals surface area contributed by atoms with Crippen LogP contribution in [0, 0.1) is 0 Å². The summed E-state index contributed by atoms with van der Waals surface area (Å²) in [6.07, 6.45) is 2.96. The summed E-state index contributed by atoms with van der Waals surface area (Å²) in [6, 6.07) is 11.8. The number of benzene rings is 2. The zero-order chi connectivity index (χ0) is 19.3. The summed E-state index contributed by atoms with van der Waals surface area (Å²) in [6.45, 7) is -0.370. The Hall–Kier alpha value is -1.90. The summed E-state index contributed by atoms with van der Waals surface area (Å²) in [5.41, 5.74) is 0.884. The van der Waals surface area contributed by atoms with Gasteiger partial charge in [0.2, 0.25) is 15.9 Å². The minimum atomic E-state index is -3.69. The maximum atomic E-state index is 12.4. The van der Waals surface area contributed by atoms with E-state index < -0.39 is 15.9 Å². The first-order valence-corrected chi connectivity index (χ1v) is 10.9. The van der Waals surface area contributed by atoms with E-state index in [-0.39, 0.29) is 17.3 Å². The Bertz CT molecular complexity index is 903. The largest absolute Gasteiger partial charge is 0.495 e. The second kappa shape index (κ2) is 8.66. The predicted octanol–water partition coefficient (Wildman–Crippen LogP) is 3.48. The average Bonchev–Trinajstić information content (AvgIpc) is 2.58. The molecule has 0 bridgehead atoms. The van der Waals surface area contributed by atoms with E-state index in [1.54, 1.807) is 23.9 Å². The molecule has 0 aliphatic heterocycles. The number of hydrogen-bond acceptors (Lipinski definition) is 5. The number of thioether (sulfide) groups is 1. The average molecular weight is 415 g/mol. The summed E-state index contributed by atoms with van der Waals surface area (Å²) >= 11 is 7.62. The summed E-state index contributed by atoms with van der Waals surface area (Å²) < 4.78 is 30.4. The Balaban J connectivity index is 2.23. The number of nitrogens with one attached hydrogen (secondary N) is 1. The molecule has 2 rings (SSSR count). The Morgan fingerprint density at radius 2 is 2.00 bits per heavy atom. The quantitative estimate of drug-likeness (QED) is 0.702. The maximum absolute atomic E-state index is 12.4. The normalized spacial score (nSPS) is 11.1. The van der Waals surface area contributed by atoms with Crippen LogP contribution in [0.15, 0.2) is 47.4 Å². The Kier molecular flexibility index (Phi) is 6.80. The van der Waals surface area contributed by atoms with Crippen LogP contribution in [0.3, 0.4) is 0 Å². The number of methoxy groups -OCH3 is 1. The molecule has 0 fully saturated rings. The lowest BCUT2D eigenvalue weighted by atomic mass is 10.3. The number of halogens is 1. The number of amides is 1. The van der Waals surface area contributed by atoms with Gasteiger partial charge in [-0.2, -0.15) is 0 Å². The lowest BCUT2D eigenvalue weighted by Gasteiger charge is -2.22. The number of sulfonamides is 1. The zero-order valence-corrected chi connectivity index (χ0v) is 16.9. The van der Waals surface area contributed by atoms with Gasteiger partial charge < -0.3 is 10.1 Å². The van der Waals surface area contributed by atoms with Crippen molar-refractivity contribution >= 4 is 50.7 Å². The third-order valence-corrected chi connectivity index (χ3v) is 5.63. The van der Waals surface area contributed by atoms with E-state index >= 15 is 0 Å². The monoisotopic (exact) mass is 414 g/mol. The zero-order valence-electron chi connectivity index (χ0n) is 14.5. The van der Waals surface area contributed by atoms with Gasteiger partial charge in [-0.1, -0.05) is 17.7 Å². The fraction of sp³-hybridized carbons (Fsp3) is 0.235. The standard InChI is InChI=1S/C17H19ClN2O4S2/c1-24-16-8-7-13(10-15(16)18)20(26(3,22)23)11-17(21)19-12-5-4-6-14(9-12)25-2/h4-10H,11H2,1-3H3,(H,19,21). The lowest BCUT2D eigenvalue weighted by molar-refractivity contribution is -0.114. The summed E-state index contributed by atoms with van der Waals surface area (Å²) in [5.74, 6) is -0.0391. The number of rotatable bonds is 7. The van der Waals surface area contributed by atoms with Crippen LogP contribution in [0.5, 0.6) is 5.75 Å². The molecule has 2 aromatic carbocycles. The molecule has 0 spiro atoms. The third-order valence-electron chi connectivity index (χ3n) is 3.46. The van der Waals surface area contributed by atoms with Crippen LogP contribution >= 0.6 is 23.4 Å². The van der Waals surface area contributed by atoms with Crippen molar-refractivity contribution in [3.05, 3.63) is 47.5 Å². The van der Waals surface area contributed by atoms with E-state index in [1.807, 2.05) is 24.5 Å². The highest BCUT2D eigenvalue weighted by atomic mass is 35.5. The number of ether oxygens (including phenoxy) is 1. The van der Waals surface area contributed by atoms with Gasteiger partial charge in [0, 0.05) is 10.6 Å². The number of hydrogen-bond donors (Lipinski definition) is 1. The fourth-order valence-electron chi connectivity index (χ4n) is 2.24. The van der Waals surface area contributed by atoms with E-state index in [1.165, 1.54) is 19.2 Å². The molecule has 26 heavy (non-hydrogen) atoms. The molecule has 0 atom stereocenters. The first kappa shape index (κ1) is 20.4. The van der Waals surface area contributed by atoms with Gasteiger partial charge in [-0.05, 0) is 42.7 Å². The topological polar surface area (TPSA) is 75.7 Å². The molecule has 0 heterocycles. The van der Waals surface area contributed by atoms with Crippen molar-refractivity contribution in [2.45, 2.75) is 4.90 Å². The molecule has 1 amide bonds. The summed E-state index contributed by atoms with van der Waals surface area (Å²) in [7, 11) is -2.22. The van der Waals surface area contributed by atoms with E-state index in [4.69, 9.17) is 16.3 Å². The maximum Gasteiger partial charge on any atom is 0.245 e. The molecule has 0 unspecified atom stereocenters. The van der Waals surface area contributed by atoms with Crippen molar-refractivity contribution in [1.29, 1.82) is 0 Å². The molecule has 0 saturated heterocycles. The van der Waals surface area contributed by atoms with Gasteiger partial charge in [-0.3, -0.25) is 9.10 Å². The molecular formula is C17H19ClN2O4S2. The third kappa shape index (κ3) is 5.30. The number of nitrogens with zero attached hydrogens (tertiary/aromatic N) is 1. The first-order chi connectivity index (χ1) is 12.2. The number of carbonyl (C=O) groups excluding carboxylic acids is 1. The number of anilines is 2. The molecular weight excluding hydrogens is 396 g/mol. The van der Waals surface area contributed by atoms with Crippen molar-refractivity contribution in [3.63, 3.8) is 0 Å². The summed E-state index contributed by atoms with van der Waals surface area (Å²) in [4.78, 5) is 13.4. The van der Waals surface area contributed by atoms with Crippen LogP contribution in [0.4, 0.5) is 11.4 Å². The van der Waals surface area contributed by atoms with Gasteiger partial charge in [-0.15, -0.1) is 11.8 Å². The van der Waals surface area contributed by atoms with Gasteiger partial charge in [0.05, 0.1) is 24.1 Å². The van der Waals surface area contributed by atoms with E-state index in [0.29, 0.717) is 11.4 Å².